The van der Waals surface area contributed by atoms with Crippen LogP contribution < -0.4 is 0 Å². The maximum Gasteiger partial charge on any atom is 0.335 e. The molecule has 0 saturated carbocycles. The van der Waals surface area contributed by atoms with Crippen LogP contribution in [0, 0.1) is 0 Å². The van der Waals surface area contributed by atoms with Gasteiger partial charge in [-0.25, -0.2) is 4.79 Å². The number of hydrogen-bond acceptors (Lipinski definition) is 1. The molecule has 0 saturated heterocycles. The molecule has 0 heterocycles. The monoisotopic (exact) mass is 214 g/mol. The van der Waals surface area contributed by atoms with E-state index in [0.29, 0.717) is 5.57 Å². The average molecular weight is 214 g/mol. The highest BCUT2D eigenvalue weighted by Gasteiger charge is 2.17. The SMILES string of the molecule is CC1=CC(=C2C=CCC=C2)C(C(=O)O)=CC1. The highest BCUT2D eigenvalue weighted by atomic mass is 16.4. The number of aliphatic carboxylic acids is 1. The van der Waals surface area contributed by atoms with Gasteiger partial charge in [0, 0.05) is 0 Å². The van der Waals surface area contributed by atoms with Crippen LogP contribution in [0.2, 0.25) is 0 Å². The van der Waals surface area contributed by atoms with E-state index in [-0.39, 0.29) is 0 Å². The van der Waals surface area contributed by atoms with Crippen molar-refractivity contribution in [2.45, 2.75) is 19.8 Å². The third-order valence-corrected chi connectivity index (χ3v) is 2.72. The topological polar surface area (TPSA) is 37.3 Å². The van der Waals surface area contributed by atoms with Crippen LogP contribution in [0.5, 0.6) is 0 Å². The molecule has 0 aromatic rings. The number of carbonyl (C=O) groups is 1. The molecule has 2 heteroatoms. The Kier molecular flexibility index (Phi) is 2.91. The van der Waals surface area contributed by atoms with E-state index in [1.54, 1.807) is 6.08 Å². The second-order valence-corrected chi connectivity index (χ2v) is 4.03. The van der Waals surface area contributed by atoms with E-state index in [0.717, 1.165) is 24.0 Å². The molecule has 0 unspecified atom stereocenters. The number of hydrogen-bond donors (Lipinski definition) is 1. The summed E-state index contributed by atoms with van der Waals surface area (Å²) in [6.07, 6.45) is 13.5. The van der Waals surface area contributed by atoms with Gasteiger partial charge in [0.15, 0.2) is 0 Å². The van der Waals surface area contributed by atoms with E-state index in [1.165, 1.54) is 5.57 Å². The van der Waals surface area contributed by atoms with Crippen LogP contribution in [-0.4, -0.2) is 11.1 Å². The molecule has 0 aromatic carbocycles. The van der Waals surface area contributed by atoms with Crippen molar-refractivity contribution < 1.29 is 9.90 Å². The Morgan fingerprint density at radius 3 is 2.62 bits per heavy atom. The van der Waals surface area contributed by atoms with Crippen molar-refractivity contribution >= 4 is 5.97 Å². The summed E-state index contributed by atoms with van der Waals surface area (Å²) in [5.74, 6) is -0.848. The summed E-state index contributed by atoms with van der Waals surface area (Å²) < 4.78 is 0. The summed E-state index contributed by atoms with van der Waals surface area (Å²) in [5.41, 5.74) is 3.42. The summed E-state index contributed by atoms with van der Waals surface area (Å²) in [6.45, 7) is 2.02. The first-order valence-corrected chi connectivity index (χ1v) is 5.37. The quantitative estimate of drug-likeness (QED) is 0.728. The van der Waals surface area contributed by atoms with Gasteiger partial charge in [-0.05, 0) is 30.9 Å². The zero-order valence-electron chi connectivity index (χ0n) is 9.23. The van der Waals surface area contributed by atoms with Crippen molar-refractivity contribution in [1.29, 1.82) is 0 Å². The lowest BCUT2D eigenvalue weighted by atomic mass is 9.90. The zero-order chi connectivity index (χ0) is 11.5. The minimum absolute atomic E-state index is 0.414. The maximum atomic E-state index is 11.1. The lowest BCUT2D eigenvalue weighted by molar-refractivity contribution is -0.132. The molecule has 0 aromatic heterocycles. The molecular formula is C14H14O2. The van der Waals surface area contributed by atoms with E-state index in [1.807, 2.05) is 37.3 Å². The number of allylic oxidation sites excluding steroid dienone is 8. The van der Waals surface area contributed by atoms with Crippen molar-refractivity contribution in [1.82, 2.24) is 0 Å². The molecule has 0 aliphatic heterocycles. The lowest BCUT2D eigenvalue weighted by Crippen LogP contribution is -2.07. The van der Waals surface area contributed by atoms with Crippen LogP contribution >= 0.6 is 0 Å². The third-order valence-electron chi connectivity index (χ3n) is 2.72. The van der Waals surface area contributed by atoms with Gasteiger partial charge in [0.2, 0.25) is 0 Å². The maximum absolute atomic E-state index is 11.1. The lowest BCUT2D eigenvalue weighted by Gasteiger charge is -2.15. The molecule has 1 N–H and O–H groups in total. The average Bonchev–Trinajstić information content (AvgIpc) is 2.29. The summed E-state index contributed by atoms with van der Waals surface area (Å²) in [5, 5.41) is 9.15. The van der Waals surface area contributed by atoms with Crippen LogP contribution in [0.1, 0.15) is 19.8 Å². The fourth-order valence-corrected chi connectivity index (χ4v) is 1.90. The smallest absolute Gasteiger partial charge is 0.335 e. The molecule has 2 nitrogen and oxygen atoms in total. The molecule has 0 fully saturated rings. The molecule has 2 aliphatic carbocycles. The molecule has 0 atom stereocenters. The minimum atomic E-state index is -0.848. The number of carboxylic acids is 1. The molecule has 0 radical (unpaired) electrons. The third kappa shape index (κ3) is 2.06. The first-order valence-electron chi connectivity index (χ1n) is 5.37. The van der Waals surface area contributed by atoms with Crippen LogP contribution in [0.25, 0.3) is 0 Å². The Morgan fingerprint density at radius 2 is 2.00 bits per heavy atom. The normalized spacial score (nSPS) is 19.6. The summed E-state index contributed by atoms with van der Waals surface area (Å²) >= 11 is 0. The van der Waals surface area contributed by atoms with Gasteiger partial charge in [-0.15, -0.1) is 0 Å². The first-order chi connectivity index (χ1) is 7.68. The van der Waals surface area contributed by atoms with E-state index in [4.69, 9.17) is 5.11 Å². The first kappa shape index (κ1) is 10.7. The predicted molar refractivity (Wildman–Crippen MR) is 64.0 cm³/mol. The Bertz CT molecular complexity index is 457. The van der Waals surface area contributed by atoms with Gasteiger partial charge < -0.3 is 5.11 Å². The molecule has 2 rings (SSSR count). The molecule has 2 aliphatic rings. The van der Waals surface area contributed by atoms with E-state index >= 15 is 0 Å². The standard InChI is InChI=1S/C14H14O2/c1-10-7-8-12(14(15)16)13(9-10)11-5-3-2-4-6-11/h3-6,8-9H,2,7H2,1H3,(H,15,16). The van der Waals surface area contributed by atoms with Gasteiger partial charge >= 0.3 is 5.97 Å². The van der Waals surface area contributed by atoms with E-state index in [2.05, 4.69) is 0 Å². The van der Waals surface area contributed by atoms with Gasteiger partial charge in [0.25, 0.3) is 0 Å². The number of carboxylic acid groups (broad SMARTS) is 1. The highest BCUT2D eigenvalue weighted by molar-refractivity contribution is 5.94. The largest absolute Gasteiger partial charge is 0.478 e. The van der Waals surface area contributed by atoms with Crippen LogP contribution in [-0.2, 0) is 4.79 Å². The van der Waals surface area contributed by atoms with Gasteiger partial charge in [0.05, 0.1) is 5.57 Å². The van der Waals surface area contributed by atoms with Crippen molar-refractivity contribution in [3.63, 3.8) is 0 Å². The second kappa shape index (κ2) is 4.35. The zero-order valence-corrected chi connectivity index (χ0v) is 9.23. The summed E-state index contributed by atoms with van der Waals surface area (Å²) in [7, 11) is 0. The van der Waals surface area contributed by atoms with Crippen LogP contribution in [0.3, 0.4) is 0 Å². The highest BCUT2D eigenvalue weighted by Crippen LogP contribution is 2.27. The van der Waals surface area contributed by atoms with Gasteiger partial charge in [-0.2, -0.15) is 0 Å². The molecule has 0 spiro atoms. The summed E-state index contributed by atoms with van der Waals surface area (Å²) in [4.78, 5) is 11.1. The molecule has 0 bridgehead atoms. The van der Waals surface area contributed by atoms with Crippen molar-refractivity contribution in [2.24, 2.45) is 0 Å². The molecular weight excluding hydrogens is 200 g/mol. The fourth-order valence-electron chi connectivity index (χ4n) is 1.90. The molecule has 82 valence electrons. The van der Waals surface area contributed by atoms with Crippen LogP contribution in [0.4, 0.5) is 0 Å². The Hall–Kier alpha value is -1.83. The van der Waals surface area contributed by atoms with E-state index in [9.17, 15) is 4.79 Å². The van der Waals surface area contributed by atoms with Gasteiger partial charge in [-0.1, -0.05) is 42.0 Å². The van der Waals surface area contributed by atoms with Gasteiger partial charge in [0.1, 0.15) is 0 Å². The Morgan fingerprint density at radius 1 is 1.31 bits per heavy atom. The predicted octanol–water partition coefficient (Wildman–Crippen LogP) is 3.16. The Balaban J connectivity index is 2.50. The van der Waals surface area contributed by atoms with E-state index < -0.39 is 5.97 Å². The number of rotatable bonds is 1. The van der Waals surface area contributed by atoms with Crippen molar-refractivity contribution in [3.8, 4) is 0 Å². The van der Waals surface area contributed by atoms with Gasteiger partial charge in [-0.3, -0.25) is 0 Å². The van der Waals surface area contributed by atoms with Crippen LogP contribution in [0.15, 0.2) is 58.7 Å². The van der Waals surface area contributed by atoms with Crippen molar-refractivity contribution in [2.75, 3.05) is 0 Å². The Labute approximate surface area is 95.0 Å². The summed E-state index contributed by atoms with van der Waals surface area (Å²) in [6, 6.07) is 0. The minimum Gasteiger partial charge on any atom is -0.478 e. The molecule has 0 amide bonds. The second-order valence-electron chi connectivity index (χ2n) is 4.03. The molecule has 16 heavy (non-hydrogen) atoms. The van der Waals surface area contributed by atoms with Crippen molar-refractivity contribution in [3.05, 3.63) is 58.7 Å². The fraction of sp³-hybridized carbons (Fsp3) is 0.214.